The van der Waals surface area contributed by atoms with Crippen molar-refractivity contribution in [2.24, 2.45) is 7.05 Å². The highest BCUT2D eigenvalue weighted by atomic mass is 32.2. The van der Waals surface area contributed by atoms with Crippen LogP contribution in [0.15, 0.2) is 37.1 Å². The van der Waals surface area contributed by atoms with Gasteiger partial charge in [-0.15, -0.1) is 0 Å². The van der Waals surface area contributed by atoms with Gasteiger partial charge in [0, 0.05) is 37.4 Å². The smallest absolute Gasteiger partial charge is 0.236 e. The van der Waals surface area contributed by atoms with E-state index < -0.39 is 10.0 Å². The number of nitrogens with zero attached hydrogens (tertiary/aromatic N) is 6. The van der Waals surface area contributed by atoms with Crippen molar-refractivity contribution >= 4 is 27.6 Å². The van der Waals surface area contributed by atoms with Gasteiger partial charge in [-0.25, -0.2) is 28.4 Å². The predicted octanol–water partition coefficient (Wildman–Crippen LogP) is 1.17. The first-order valence-electron chi connectivity index (χ1n) is 7.37. The molecule has 25 heavy (non-hydrogen) atoms. The lowest BCUT2D eigenvalue weighted by Crippen LogP contribution is -2.16. The summed E-state index contributed by atoms with van der Waals surface area (Å²) in [6.45, 7) is 1.54. The van der Waals surface area contributed by atoms with Crippen LogP contribution in [-0.2, 0) is 17.1 Å². The molecular weight excluding hydrogens is 344 g/mol. The zero-order chi connectivity index (χ0) is 17.9. The number of sulfonamides is 1. The molecule has 0 fully saturated rings. The minimum atomic E-state index is -3.41. The van der Waals surface area contributed by atoms with Gasteiger partial charge in [-0.1, -0.05) is 0 Å². The van der Waals surface area contributed by atoms with Crippen LogP contribution < -0.4 is 10.0 Å². The summed E-state index contributed by atoms with van der Waals surface area (Å²) in [6, 6.07) is 1.71. The topological polar surface area (TPSA) is 128 Å². The van der Waals surface area contributed by atoms with E-state index in [9.17, 15) is 8.42 Å². The van der Waals surface area contributed by atoms with Gasteiger partial charge in [-0.3, -0.25) is 9.40 Å². The monoisotopic (exact) mass is 360 g/mol. The first-order chi connectivity index (χ1) is 11.9. The summed E-state index contributed by atoms with van der Waals surface area (Å²) in [7, 11) is -1.59. The molecular formula is C14H16N8O2S. The minimum Gasteiger partial charge on any atom is -0.321 e. The van der Waals surface area contributed by atoms with Crippen molar-refractivity contribution in [2.45, 2.75) is 6.92 Å². The molecule has 2 N–H and O–H groups in total. The molecule has 3 aromatic heterocycles. The molecule has 0 saturated carbocycles. The van der Waals surface area contributed by atoms with Crippen molar-refractivity contribution in [2.75, 3.05) is 15.8 Å². The van der Waals surface area contributed by atoms with Crippen molar-refractivity contribution in [3.05, 3.63) is 37.1 Å². The molecule has 0 aliphatic carbocycles. The molecule has 0 saturated heterocycles. The van der Waals surface area contributed by atoms with Crippen LogP contribution >= 0.6 is 0 Å². The zero-order valence-electron chi connectivity index (χ0n) is 13.6. The van der Waals surface area contributed by atoms with Crippen molar-refractivity contribution in [1.82, 2.24) is 29.7 Å². The number of aryl methyl sites for hydroxylation is 1. The molecule has 0 aromatic carbocycles. The Hall–Kier alpha value is -3.08. The van der Waals surface area contributed by atoms with Gasteiger partial charge >= 0.3 is 0 Å². The molecule has 0 spiro atoms. The summed E-state index contributed by atoms with van der Waals surface area (Å²) >= 11 is 0. The van der Waals surface area contributed by atoms with Crippen LogP contribution in [0.2, 0.25) is 0 Å². The molecule has 10 nitrogen and oxygen atoms in total. The molecule has 0 aliphatic heterocycles. The second-order valence-corrected chi connectivity index (χ2v) is 7.10. The van der Waals surface area contributed by atoms with Gasteiger partial charge in [-0.05, 0) is 13.0 Å². The van der Waals surface area contributed by atoms with E-state index in [0.717, 1.165) is 5.69 Å². The Kier molecular flexibility index (Phi) is 4.57. The Morgan fingerprint density at radius 3 is 2.52 bits per heavy atom. The molecule has 3 heterocycles. The molecule has 3 aromatic rings. The molecule has 0 unspecified atom stereocenters. The highest BCUT2D eigenvalue weighted by Gasteiger charge is 2.10. The average molecular weight is 360 g/mol. The summed E-state index contributed by atoms with van der Waals surface area (Å²) in [5, 5.41) is 7.11. The fourth-order valence-corrected chi connectivity index (χ4v) is 2.45. The van der Waals surface area contributed by atoms with Crippen molar-refractivity contribution in [3.63, 3.8) is 0 Å². The second-order valence-electron chi connectivity index (χ2n) is 5.09. The van der Waals surface area contributed by atoms with Crippen LogP contribution in [0.25, 0.3) is 11.3 Å². The number of hydrogen-bond acceptors (Lipinski definition) is 8. The maximum Gasteiger partial charge on any atom is 0.236 e. The largest absolute Gasteiger partial charge is 0.321 e. The van der Waals surface area contributed by atoms with Crippen molar-refractivity contribution in [3.8, 4) is 11.3 Å². The summed E-state index contributed by atoms with van der Waals surface area (Å²) in [6.07, 6.45) is 8.06. The van der Waals surface area contributed by atoms with E-state index in [0.29, 0.717) is 17.2 Å². The van der Waals surface area contributed by atoms with Crippen molar-refractivity contribution < 1.29 is 8.42 Å². The Morgan fingerprint density at radius 1 is 1.12 bits per heavy atom. The first kappa shape index (κ1) is 16.8. The third kappa shape index (κ3) is 4.26. The molecule has 11 heteroatoms. The van der Waals surface area contributed by atoms with Crippen LogP contribution in [0.4, 0.5) is 17.6 Å². The van der Waals surface area contributed by atoms with Crippen LogP contribution in [0.5, 0.6) is 0 Å². The van der Waals surface area contributed by atoms with E-state index in [1.807, 2.05) is 7.05 Å². The highest BCUT2D eigenvalue weighted by molar-refractivity contribution is 7.92. The Labute approximate surface area is 144 Å². The maximum absolute atomic E-state index is 11.5. The number of rotatable bonds is 6. The molecule has 0 radical (unpaired) electrons. The quantitative estimate of drug-likeness (QED) is 0.670. The van der Waals surface area contributed by atoms with Gasteiger partial charge in [0.05, 0.1) is 23.3 Å². The van der Waals surface area contributed by atoms with Gasteiger partial charge in [0.25, 0.3) is 0 Å². The van der Waals surface area contributed by atoms with Crippen LogP contribution in [0, 0.1) is 0 Å². The lowest BCUT2D eigenvalue weighted by molar-refractivity contribution is 0.602. The maximum atomic E-state index is 11.5. The SMILES string of the molecule is CCS(=O)(=O)Nc1ncc(-c2ccnc(Nc3cnn(C)c3)n2)cn1. The first-order valence-corrected chi connectivity index (χ1v) is 9.02. The molecule has 130 valence electrons. The summed E-state index contributed by atoms with van der Waals surface area (Å²) in [5.74, 6) is 0.377. The fourth-order valence-electron chi connectivity index (χ4n) is 1.92. The van der Waals surface area contributed by atoms with Crippen LogP contribution in [0.1, 0.15) is 6.92 Å². The fraction of sp³-hybridized carbons (Fsp3) is 0.214. The van der Waals surface area contributed by atoms with Gasteiger partial charge < -0.3 is 5.32 Å². The van der Waals surface area contributed by atoms with E-state index in [4.69, 9.17) is 0 Å². The van der Waals surface area contributed by atoms with Gasteiger partial charge in [0.15, 0.2) is 0 Å². The zero-order valence-corrected chi connectivity index (χ0v) is 14.4. The van der Waals surface area contributed by atoms with E-state index >= 15 is 0 Å². The van der Waals surface area contributed by atoms with Gasteiger partial charge in [0.2, 0.25) is 21.9 Å². The third-order valence-electron chi connectivity index (χ3n) is 3.19. The van der Waals surface area contributed by atoms with Crippen LogP contribution in [-0.4, -0.2) is 43.9 Å². The second kappa shape index (κ2) is 6.81. The average Bonchev–Trinajstić information content (AvgIpc) is 3.00. The van der Waals surface area contributed by atoms with Crippen molar-refractivity contribution in [1.29, 1.82) is 0 Å². The minimum absolute atomic E-state index is 0.0216. The summed E-state index contributed by atoms with van der Waals surface area (Å²) in [5.41, 5.74) is 2.00. The molecule has 0 aliphatic rings. The summed E-state index contributed by atoms with van der Waals surface area (Å²) < 4.78 is 27.0. The summed E-state index contributed by atoms with van der Waals surface area (Å²) in [4.78, 5) is 16.6. The lowest BCUT2D eigenvalue weighted by Gasteiger charge is -2.06. The highest BCUT2D eigenvalue weighted by Crippen LogP contribution is 2.18. The van der Waals surface area contributed by atoms with Gasteiger partial charge in [0.1, 0.15) is 0 Å². The molecule has 0 amide bonds. The van der Waals surface area contributed by atoms with Crippen LogP contribution in [0.3, 0.4) is 0 Å². The lowest BCUT2D eigenvalue weighted by atomic mass is 10.2. The van der Waals surface area contributed by atoms with E-state index in [1.54, 1.807) is 29.3 Å². The number of anilines is 3. The number of hydrogen-bond donors (Lipinski definition) is 2. The molecule has 3 rings (SSSR count). The Morgan fingerprint density at radius 2 is 1.88 bits per heavy atom. The Balaban J connectivity index is 1.78. The molecule has 0 bridgehead atoms. The predicted molar refractivity (Wildman–Crippen MR) is 92.6 cm³/mol. The normalized spacial score (nSPS) is 11.3. The third-order valence-corrected chi connectivity index (χ3v) is 4.44. The van der Waals surface area contributed by atoms with Gasteiger partial charge in [-0.2, -0.15) is 5.10 Å². The molecule has 0 atom stereocenters. The number of nitrogens with one attached hydrogen (secondary N) is 2. The number of aromatic nitrogens is 6. The van der Waals surface area contributed by atoms with E-state index in [1.165, 1.54) is 19.3 Å². The standard InChI is InChI=1S/C14H16N8O2S/c1-3-25(23,24)21-13-16-6-10(7-17-13)12-4-5-15-14(20-12)19-11-8-18-22(2)9-11/h4-9H,3H2,1-2H3,(H,15,19,20)(H,16,17,21). The van der Waals surface area contributed by atoms with E-state index in [2.05, 4.69) is 35.1 Å². The Bertz CT molecular complexity index is 969. The van der Waals surface area contributed by atoms with E-state index in [-0.39, 0.29) is 11.7 Å².